The van der Waals surface area contributed by atoms with Crippen molar-refractivity contribution in [3.63, 3.8) is 0 Å². The molecule has 0 radical (unpaired) electrons. The Kier molecular flexibility index (Phi) is 4.75. The summed E-state index contributed by atoms with van der Waals surface area (Å²) in [5.74, 6) is 0.720. The number of hydrogen-bond donors (Lipinski definition) is 0. The summed E-state index contributed by atoms with van der Waals surface area (Å²) < 4.78 is 4.85. The van der Waals surface area contributed by atoms with Crippen molar-refractivity contribution in [2.45, 2.75) is 4.90 Å². The molecule has 1 rings (SSSR count). The number of rotatable bonds is 5. The number of alkyl halides is 1. The van der Waals surface area contributed by atoms with Gasteiger partial charge >= 0.3 is 0 Å². The highest BCUT2D eigenvalue weighted by molar-refractivity contribution is 9.09. The maximum absolute atomic E-state index is 10.2. The van der Waals surface area contributed by atoms with E-state index in [1.54, 1.807) is 24.3 Å². The van der Waals surface area contributed by atoms with Crippen LogP contribution >= 0.6 is 27.9 Å². The number of benzene rings is 1. The molecule has 0 atom stereocenters. The van der Waals surface area contributed by atoms with Crippen LogP contribution in [-0.4, -0.2) is 16.3 Å². The fourth-order valence-corrected chi connectivity index (χ4v) is 1.43. The Hall–Kier alpha value is -0.750. The normalized spacial score (nSPS) is 9.79. The molecule has 0 aliphatic rings. The number of nitrogens with zero attached hydrogens (tertiary/aromatic N) is 1. The van der Waals surface area contributed by atoms with E-state index in [1.165, 1.54) is 0 Å². The lowest BCUT2D eigenvalue weighted by atomic mass is 10.3. The minimum Gasteiger partial charge on any atom is -0.493 e. The minimum absolute atomic E-state index is 0.436. The molecule has 0 N–H and O–H groups in total. The molecule has 0 saturated heterocycles. The number of halogens is 1. The van der Waals surface area contributed by atoms with Crippen LogP contribution < -0.4 is 4.74 Å². The lowest BCUT2D eigenvalue weighted by Gasteiger charge is -2.02. The first-order valence-corrected chi connectivity index (χ1v) is 5.73. The maximum atomic E-state index is 10.2. The van der Waals surface area contributed by atoms with Crippen LogP contribution in [0.4, 0.5) is 0 Å². The third-order valence-corrected chi connectivity index (χ3v) is 2.31. The van der Waals surface area contributed by atoms with E-state index in [-0.39, 0.29) is 0 Å². The third-order valence-electron chi connectivity index (χ3n) is 1.35. The van der Waals surface area contributed by atoms with Gasteiger partial charge in [-0.15, -0.1) is 0 Å². The van der Waals surface area contributed by atoms with Crippen molar-refractivity contribution >= 4 is 27.9 Å². The summed E-state index contributed by atoms with van der Waals surface area (Å²) in [6.07, 6.45) is 0. The van der Waals surface area contributed by atoms with Gasteiger partial charge in [-0.2, -0.15) is 0 Å². The van der Waals surface area contributed by atoms with Crippen molar-refractivity contribution in [2.75, 3.05) is 11.9 Å². The van der Waals surface area contributed by atoms with Crippen LogP contribution in [0.5, 0.6) is 5.75 Å². The summed E-state index contributed by atoms with van der Waals surface area (Å²) >= 11 is 3.82. The second kappa shape index (κ2) is 5.87. The van der Waals surface area contributed by atoms with E-state index in [4.69, 9.17) is 4.74 Å². The van der Waals surface area contributed by atoms with Crippen LogP contribution in [0.2, 0.25) is 0 Å². The van der Waals surface area contributed by atoms with Gasteiger partial charge in [-0.05, 0) is 24.3 Å². The zero-order valence-electron chi connectivity index (χ0n) is 7.18. The van der Waals surface area contributed by atoms with Gasteiger partial charge in [0.1, 0.15) is 10.1 Å². The topological polar surface area (TPSA) is 52.4 Å². The summed E-state index contributed by atoms with van der Waals surface area (Å²) in [5.41, 5.74) is 0. The van der Waals surface area contributed by atoms with E-state index < -0.39 is 4.33 Å². The molecule has 0 aromatic heterocycles. The van der Waals surface area contributed by atoms with E-state index in [2.05, 4.69) is 15.9 Å². The van der Waals surface area contributed by atoms with Gasteiger partial charge in [-0.1, -0.05) is 15.9 Å². The van der Waals surface area contributed by atoms with Crippen LogP contribution in [-0.2, 0) is 0 Å². The largest absolute Gasteiger partial charge is 0.493 e. The minimum atomic E-state index is -0.436. The Morgan fingerprint density at radius 2 is 2.07 bits per heavy atom. The predicted molar refractivity (Wildman–Crippen MR) is 58.6 cm³/mol. The maximum Gasteiger partial charge on any atom is 0.265 e. The Bertz CT molecular complexity index is 304. The SMILES string of the molecule is O=[N+]([O-])Sc1ccc(OCCBr)cc1. The van der Waals surface area contributed by atoms with Gasteiger partial charge in [0, 0.05) is 5.33 Å². The van der Waals surface area contributed by atoms with Crippen molar-refractivity contribution in [3.8, 4) is 5.75 Å². The van der Waals surface area contributed by atoms with Crippen molar-refractivity contribution in [1.82, 2.24) is 0 Å². The summed E-state index contributed by atoms with van der Waals surface area (Å²) in [6.45, 7) is 0.585. The van der Waals surface area contributed by atoms with Crippen molar-refractivity contribution < 1.29 is 9.07 Å². The van der Waals surface area contributed by atoms with E-state index in [9.17, 15) is 10.1 Å². The van der Waals surface area contributed by atoms with Crippen LogP contribution in [0.15, 0.2) is 29.2 Å². The van der Waals surface area contributed by atoms with E-state index >= 15 is 0 Å². The first-order valence-electron chi connectivity index (χ1n) is 3.83. The molecule has 0 aliphatic heterocycles. The molecule has 4 nitrogen and oxygen atoms in total. The quantitative estimate of drug-likeness (QED) is 0.359. The van der Waals surface area contributed by atoms with Crippen LogP contribution in [0.25, 0.3) is 0 Å². The van der Waals surface area contributed by atoms with Gasteiger partial charge < -0.3 is 4.74 Å². The smallest absolute Gasteiger partial charge is 0.265 e. The lowest BCUT2D eigenvalue weighted by Crippen LogP contribution is -1.97. The first kappa shape index (κ1) is 11.3. The predicted octanol–water partition coefficient (Wildman–Crippen LogP) is 2.74. The molecule has 0 bridgehead atoms. The summed E-state index contributed by atoms with van der Waals surface area (Å²) in [6, 6.07) is 6.76. The second-order valence-corrected chi connectivity index (χ2v) is 4.07. The van der Waals surface area contributed by atoms with E-state index in [0.717, 1.165) is 11.1 Å². The zero-order valence-corrected chi connectivity index (χ0v) is 9.58. The molecule has 0 saturated carbocycles. The number of hydrogen-bond acceptors (Lipinski definition) is 4. The Labute approximate surface area is 94.1 Å². The highest BCUT2D eigenvalue weighted by Crippen LogP contribution is 2.21. The molecule has 1 aromatic rings. The molecule has 0 spiro atoms. The average Bonchev–Trinajstić information content (AvgIpc) is 2.16. The molecule has 76 valence electrons. The lowest BCUT2D eigenvalue weighted by molar-refractivity contribution is -0.284. The molecule has 14 heavy (non-hydrogen) atoms. The van der Waals surface area contributed by atoms with Gasteiger partial charge in [-0.25, -0.2) is 0 Å². The van der Waals surface area contributed by atoms with Gasteiger partial charge in [0.05, 0.1) is 11.5 Å². The van der Waals surface area contributed by atoms with Crippen molar-refractivity contribution in [1.29, 1.82) is 0 Å². The highest BCUT2D eigenvalue weighted by atomic mass is 79.9. The molecule has 1 aromatic carbocycles. The highest BCUT2D eigenvalue weighted by Gasteiger charge is 2.04. The van der Waals surface area contributed by atoms with Gasteiger partial charge in [0.25, 0.3) is 11.9 Å². The van der Waals surface area contributed by atoms with Crippen molar-refractivity contribution in [3.05, 3.63) is 34.4 Å². The fraction of sp³-hybridized carbons (Fsp3) is 0.250. The molecule has 0 heterocycles. The monoisotopic (exact) mass is 277 g/mol. The summed E-state index contributed by atoms with van der Waals surface area (Å²) in [4.78, 5) is 10.8. The fourth-order valence-electron chi connectivity index (χ4n) is 0.839. The number of ether oxygens (including phenoxy) is 1. The Balaban J connectivity index is 2.54. The molecule has 6 heteroatoms. The van der Waals surface area contributed by atoms with Gasteiger partial charge in [-0.3, -0.25) is 10.1 Å². The van der Waals surface area contributed by atoms with Crippen LogP contribution in [0.3, 0.4) is 0 Å². The molecule has 0 amide bonds. The van der Waals surface area contributed by atoms with Crippen LogP contribution in [0.1, 0.15) is 0 Å². The molecule has 0 unspecified atom stereocenters. The first-order chi connectivity index (χ1) is 6.72. The Morgan fingerprint density at radius 1 is 1.43 bits per heavy atom. The van der Waals surface area contributed by atoms with Crippen molar-refractivity contribution in [2.24, 2.45) is 0 Å². The van der Waals surface area contributed by atoms with Gasteiger partial charge in [0.15, 0.2) is 0 Å². The molecule has 0 aliphatic carbocycles. The van der Waals surface area contributed by atoms with E-state index in [1.807, 2.05) is 0 Å². The number of nitro groups is 1. The molecular formula is C8H8BrNO3S. The van der Waals surface area contributed by atoms with Gasteiger partial charge in [0.2, 0.25) is 0 Å². The van der Waals surface area contributed by atoms with E-state index in [0.29, 0.717) is 23.5 Å². The van der Waals surface area contributed by atoms with Crippen LogP contribution in [0, 0.1) is 10.1 Å². The second-order valence-electron chi connectivity index (χ2n) is 2.32. The third kappa shape index (κ3) is 3.97. The average molecular weight is 278 g/mol. The Morgan fingerprint density at radius 3 is 2.57 bits per heavy atom. The molecular weight excluding hydrogens is 270 g/mol. The standard InChI is InChI=1S/C8H8BrNO3S/c9-5-6-13-7-1-3-8(4-2-7)14-10(11)12/h1-4H,5-6H2. The summed E-state index contributed by atoms with van der Waals surface area (Å²) in [5, 5.41) is 10.9. The zero-order chi connectivity index (χ0) is 10.4. The molecule has 0 fully saturated rings. The summed E-state index contributed by atoms with van der Waals surface area (Å²) in [7, 11) is 0.